The first-order valence-electron chi connectivity index (χ1n) is 6.13. The summed E-state index contributed by atoms with van der Waals surface area (Å²) in [5.41, 5.74) is 0. The lowest BCUT2D eigenvalue weighted by Crippen LogP contribution is -2.26. The summed E-state index contributed by atoms with van der Waals surface area (Å²) in [6.07, 6.45) is 3.15. The number of amides is 1. The second kappa shape index (κ2) is 7.58. The highest BCUT2D eigenvalue weighted by Gasteiger charge is 2.02. The summed E-state index contributed by atoms with van der Waals surface area (Å²) in [5, 5.41) is 9.46. The van der Waals surface area contributed by atoms with Crippen LogP contribution >= 0.6 is 11.8 Å². The van der Waals surface area contributed by atoms with E-state index in [9.17, 15) is 4.79 Å². The van der Waals surface area contributed by atoms with Gasteiger partial charge in [0.15, 0.2) is 0 Å². The molecule has 0 aliphatic heterocycles. The maximum absolute atomic E-state index is 11.6. The minimum Gasteiger partial charge on any atom is -0.355 e. The van der Waals surface area contributed by atoms with Crippen LogP contribution in [0.3, 0.4) is 0 Å². The smallest absolute Gasteiger partial charge is 0.230 e. The SMILES string of the molecule is O=C(CSc1ccccc1)NCCCc1ncn[nH]1. The highest BCUT2D eigenvalue weighted by atomic mass is 32.2. The number of carbonyl (C=O) groups excluding carboxylic acids is 1. The number of benzene rings is 1. The van der Waals surface area contributed by atoms with E-state index in [1.54, 1.807) is 11.8 Å². The summed E-state index contributed by atoms with van der Waals surface area (Å²) in [7, 11) is 0. The minimum absolute atomic E-state index is 0.0615. The van der Waals surface area contributed by atoms with Crippen molar-refractivity contribution in [1.29, 1.82) is 0 Å². The monoisotopic (exact) mass is 276 g/mol. The van der Waals surface area contributed by atoms with E-state index in [0.29, 0.717) is 12.3 Å². The van der Waals surface area contributed by atoms with E-state index < -0.39 is 0 Å². The van der Waals surface area contributed by atoms with Gasteiger partial charge in [-0.3, -0.25) is 9.89 Å². The number of nitrogens with zero attached hydrogens (tertiary/aromatic N) is 2. The Balaban J connectivity index is 1.57. The topological polar surface area (TPSA) is 70.7 Å². The molecule has 1 heterocycles. The van der Waals surface area contributed by atoms with Crippen LogP contribution in [0, 0.1) is 0 Å². The number of hydrogen-bond donors (Lipinski definition) is 2. The highest BCUT2D eigenvalue weighted by molar-refractivity contribution is 8.00. The van der Waals surface area contributed by atoms with Crippen LogP contribution < -0.4 is 5.32 Å². The molecule has 19 heavy (non-hydrogen) atoms. The number of nitrogens with one attached hydrogen (secondary N) is 2. The molecule has 1 aromatic carbocycles. The van der Waals surface area contributed by atoms with Gasteiger partial charge in [-0.05, 0) is 18.6 Å². The van der Waals surface area contributed by atoms with Crippen molar-refractivity contribution < 1.29 is 4.79 Å². The molecular formula is C13H16N4OS. The van der Waals surface area contributed by atoms with Crippen molar-refractivity contribution in [1.82, 2.24) is 20.5 Å². The maximum atomic E-state index is 11.6. The zero-order valence-electron chi connectivity index (χ0n) is 10.5. The third-order valence-electron chi connectivity index (χ3n) is 2.49. The number of thioether (sulfide) groups is 1. The number of aromatic amines is 1. The highest BCUT2D eigenvalue weighted by Crippen LogP contribution is 2.16. The maximum Gasteiger partial charge on any atom is 0.230 e. The standard InChI is InChI=1S/C13H16N4OS/c18-13(9-19-11-5-2-1-3-6-11)14-8-4-7-12-15-10-16-17-12/h1-3,5-6,10H,4,7-9H2,(H,14,18)(H,15,16,17). The van der Waals surface area contributed by atoms with Crippen molar-refractivity contribution in [2.75, 3.05) is 12.3 Å². The Labute approximate surface area is 116 Å². The minimum atomic E-state index is 0.0615. The Morgan fingerprint density at radius 2 is 2.16 bits per heavy atom. The molecule has 0 bridgehead atoms. The summed E-state index contributed by atoms with van der Waals surface area (Å²) in [5.74, 6) is 1.37. The van der Waals surface area contributed by atoms with Crippen molar-refractivity contribution in [3.05, 3.63) is 42.5 Å². The number of H-pyrrole nitrogens is 1. The zero-order valence-corrected chi connectivity index (χ0v) is 11.3. The van der Waals surface area contributed by atoms with Crippen LogP contribution in [0.25, 0.3) is 0 Å². The van der Waals surface area contributed by atoms with Gasteiger partial charge < -0.3 is 5.32 Å². The molecular weight excluding hydrogens is 260 g/mol. The third-order valence-corrected chi connectivity index (χ3v) is 3.50. The summed E-state index contributed by atoms with van der Waals surface area (Å²) in [6, 6.07) is 9.91. The fourth-order valence-corrected chi connectivity index (χ4v) is 2.30. The Bertz CT molecular complexity index is 487. The van der Waals surface area contributed by atoms with Crippen LogP contribution in [0.5, 0.6) is 0 Å². The van der Waals surface area contributed by atoms with Crippen molar-refractivity contribution in [2.24, 2.45) is 0 Å². The quantitative estimate of drug-likeness (QED) is 0.596. The van der Waals surface area contributed by atoms with Gasteiger partial charge in [-0.25, -0.2) is 4.98 Å². The van der Waals surface area contributed by atoms with Gasteiger partial charge >= 0.3 is 0 Å². The molecule has 0 radical (unpaired) electrons. The van der Waals surface area contributed by atoms with E-state index in [4.69, 9.17) is 0 Å². The number of hydrogen-bond acceptors (Lipinski definition) is 4. The van der Waals surface area contributed by atoms with Crippen LogP contribution in [0.2, 0.25) is 0 Å². The van der Waals surface area contributed by atoms with Gasteiger partial charge in [-0.1, -0.05) is 18.2 Å². The van der Waals surface area contributed by atoms with E-state index in [1.807, 2.05) is 30.3 Å². The van der Waals surface area contributed by atoms with Crippen LogP contribution in [0.1, 0.15) is 12.2 Å². The molecule has 1 amide bonds. The Morgan fingerprint density at radius 3 is 2.89 bits per heavy atom. The molecule has 0 spiro atoms. The molecule has 2 N–H and O–H groups in total. The molecule has 6 heteroatoms. The van der Waals surface area contributed by atoms with Gasteiger partial charge in [-0.2, -0.15) is 5.10 Å². The van der Waals surface area contributed by atoms with Crippen molar-refractivity contribution in [3.8, 4) is 0 Å². The van der Waals surface area contributed by atoms with Gasteiger partial charge in [0.2, 0.25) is 5.91 Å². The molecule has 0 unspecified atom stereocenters. The third kappa shape index (κ3) is 5.13. The number of aromatic nitrogens is 3. The first-order valence-corrected chi connectivity index (χ1v) is 7.12. The summed E-state index contributed by atoms with van der Waals surface area (Å²) in [6.45, 7) is 0.662. The van der Waals surface area contributed by atoms with Crippen LogP contribution in [0.15, 0.2) is 41.6 Å². The number of carbonyl (C=O) groups is 1. The summed E-state index contributed by atoms with van der Waals surface area (Å²) in [4.78, 5) is 16.7. The zero-order chi connectivity index (χ0) is 13.3. The molecule has 100 valence electrons. The number of aryl methyl sites for hydroxylation is 1. The van der Waals surface area contributed by atoms with Crippen LogP contribution in [0.4, 0.5) is 0 Å². The molecule has 2 rings (SSSR count). The predicted octanol–water partition coefficient (Wildman–Crippen LogP) is 1.65. The molecule has 0 atom stereocenters. The lowest BCUT2D eigenvalue weighted by Gasteiger charge is -2.04. The first-order chi connectivity index (χ1) is 9.34. The largest absolute Gasteiger partial charge is 0.355 e. The van der Waals surface area contributed by atoms with Crippen LogP contribution in [-0.4, -0.2) is 33.4 Å². The molecule has 0 saturated carbocycles. The lowest BCUT2D eigenvalue weighted by molar-refractivity contribution is -0.118. The fraction of sp³-hybridized carbons (Fsp3) is 0.308. The molecule has 2 aromatic rings. The van der Waals surface area contributed by atoms with Gasteiger partial charge in [0.05, 0.1) is 5.75 Å². The first kappa shape index (κ1) is 13.6. The van der Waals surface area contributed by atoms with E-state index in [2.05, 4.69) is 20.5 Å². The average Bonchev–Trinajstić information content (AvgIpc) is 2.96. The van der Waals surface area contributed by atoms with Gasteiger partial charge in [0.1, 0.15) is 12.2 Å². The second-order valence-electron chi connectivity index (χ2n) is 3.99. The van der Waals surface area contributed by atoms with Gasteiger partial charge in [-0.15, -0.1) is 11.8 Å². The van der Waals surface area contributed by atoms with Gasteiger partial charge in [0.25, 0.3) is 0 Å². The Morgan fingerprint density at radius 1 is 1.32 bits per heavy atom. The van der Waals surface area contributed by atoms with Crippen molar-refractivity contribution in [2.45, 2.75) is 17.7 Å². The number of rotatable bonds is 7. The molecule has 5 nitrogen and oxygen atoms in total. The van der Waals surface area contributed by atoms with Crippen molar-refractivity contribution >= 4 is 17.7 Å². The molecule has 0 aliphatic carbocycles. The Kier molecular flexibility index (Phi) is 5.43. The van der Waals surface area contributed by atoms with E-state index in [1.165, 1.54) is 6.33 Å². The fourth-order valence-electron chi connectivity index (χ4n) is 1.55. The second-order valence-corrected chi connectivity index (χ2v) is 5.04. The van der Waals surface area contributed by atoms with Gasteiger partial charge in [0, 0.05) is 17.9 Å². The molecule has 1 aromatic heterocycles. The lowest BCUT2D eigenvalue weighted by atomic mass is 10.3. The normalized spacial score (nSPS) is 10.3. The average molecular weight is 276 g/mol. The van der Waals surface area contributed by atoms with Crippen LogP contribution in [-0.2, 0) is 11.2 Å². The van der Waals surface area contributed by atoms with E-state index in [-0.39, 0.29) is 5.91 Å². The van der Waals surface area contributed by atoms with E-state index >= 15 is 0 Å². The predicted molar refractivity (Wildman–Crippen MR) is 74.9 cm³/mol. The molecule has 0 aliphatic rings. The summed E-state index contributed by atoms with van der Waals surface area (Å²) >= 11 is 1.54. The van der Waals surface area contributed by atoms with E-state index in [0.717, 1.165) is 23.6 Å². The van der Waals surface area contributed by atoms with Crippen molar-refractivity contribution in [3.63, 3.8) is 0 Å². The Hall–Kier alpha value is -1.82. The summed E-state index contributed by atoms with van der Waals surface area (Å²) < 4.78 is 0. The molecule has 0 fully saturated rings. The molecule has 0 saturated heterocycles.